The number of nitrogens with one attached hydrogen (secondary N) is 1. The molecule has 4 rings (SSSR count). The molecule has 9 heteroatoms. The SMILES string of the molecule is O=C(NCC1(c2ccccc2)CCN(C=Cc2ccccc2C(F)(F)F)CC1)c1ccccc1C(F)(F)F. The summed E-state index contributed by atoms with van der Waals surface area (Å²) >= 11 is 0. The summed E-state index contributed by atoms with van der Waals surface area (Å²) in [6.07, 6.45) is -4.96. The quantitative estimate of drug-likeness (QED) is 0.342. The lowest BCUT2D eigenvalue weighted by molar-refractivity contribution is -0.138. The summed E-state index contributed by atoms with van der Waals surface area (Å²) in [5.74, 6) is -0.806. The molecule has 0 aromatic heterocycles. The molecule has 0 radical (unpaired) electrons. The molecule has 0 spiro atoms. The van der Waals surface area contributed by atoms with Gasteiger partial charge in [0.1, 0.15) is 0 Å². The number of piperidine rings is 1. The molecule has 3 aromatic carbocycles. The first-order chi connectivity index (χ1) is 18.0. The predicted molar refractivity (Wildman–Crippen MR) is 133 cm³/mol. The van der Waals surface area contributed by atoms with Gasteiger partial charge in [0, 0.05) is 25.0 Å². The Morgan fingerprint density at radius 3 is 1.97 bits per heavy atom. The number of halogens is 6. The second kappa shape index (κ2) is 10.9. The van der Waals surface area contributed by atoms with Gasteiger partial charge in [-0.3, -0.25) is 4.79 Å². The van der Waals surface area contributed by atoms with Crippen molar-refractivity contribution in [1.82, 2.24) is 10.2 Å². The van der Waals surface area contributed by atoms with E-state index in [9.17, 15) is 31.1 Å². The summed E-state index contributed by atoms with van der Waals surface area (Å²) in [5.41, 5.74) is -1.69. The van der Waals surface area contributed by atoms with E-state index in [0.29, 0.717) is 25.9 Å². The van der Waals surface area contributed by atoms with E-state index in [4.69, 9.17) is 0 Å². The van der Waals surface area contributed by atoms with Crippen molar-refractivity contribution >= 4 is 12.0 Å². The fraction of sp³-hybridized carbons (Fsp3) is 0.276. The minimum atomic E-state index is -4.66. The number of carbonyl (C=O) groups is 1. The molecule has 0 aliphatic carbocycles. The van der Waals surface area contributed by atoms with Gasteiger partial charge in [0.25, 0.3) is 5.91 Å². The van der Waals surface area contributed by atoms with Gasteiger partial charge in [-0.2, -0.15) is 26.3 Å². The van der Waals surface area contributed by atoms with Gasteiger partial charge in [-0.25, -0.2) is 0 Å². The number of amides is 1. The van der Waals surface area contributed by atoms with E-state index >= 15 is 0 Å². The van der Waals surface area contributed by atoms with Crippen molar-refractivity contribution in [3.63, 3.8) is 0 Å². The van der Waals surface area contributed by atoms with Gasteiger partial charge in [-0.15, -0.1) is 0 Å². The van der Waals surface area contributed by atoms with Crippen molar-refractivity contribution in [2.45, 2.75) is 30.6 Å². The third-order valence-corrected chi connectivity index (χ3v) is 6.94. The van der Waals surface area contributed by atoms with E-state index in [0.717, 1.165) is 23.8 Å². The Labute approximate surface area is 216 Å². The summed E-state index contributed by atoms with van der Waals surface area (Å²) < 4.78 is 80.2. The maximum Gasteiger partial charge on any atom is 0.417 e. The molecular weight excluding hydrogens is 506 g/mol. The molecule has 0 atom stereocenters. The van der Waals surface area contributed by atoms with Gasteiger partial charge in [0.15, 0.2) is 0 Å². The average Bonchev–Trinajstić information content (AvgIpc) is 2.91. The van der Waals surface area contributed by atoms with E-state index in [1.165, 1.54) is 30.3 Å². The van der Waals surface area contributed by atoms with Crippen LogP contribution in [0.25, 0.3) is 6.08 Å². The summed E-state index contributed by atoms with van der Waals surface area (Å²) in [7, 11) is 0. The van der Waals surface area contributed by atoms with Crippen LogP contribution >= 0.6 is 0 Å². The van der Waals surface area contributed by atoms with Crippen LogP contribution in [0.15, 0.2) is 85.1 Å². The van der Waals surface area contributed by atoms with E-state index < -0.39 is 40.4 Å². The first-order valence-corrected chi connectivity index (χ1v) is 12.1. The molecule has 3 nitrogen and oxygen atoms in total. The summed E-state index contributed by atoms with van der Waals surface area (Å²) in [4.78, 5) is 14.8. The Hall–Kier alpha value is -3.75. The maximum absolute atomic E-state index is 13.4. The highest BCUT2D eigenvalue weighted by Crippen LogP contribution is 2.37. The first-order valence-electron chi connectivity index (χ1n) is 12.1. The highest BCUT2D eigenvalue weighted by atomic mass is 19.4. The van der Waals surface area contributed by atoms with Crippen LogP contribution in [0.1, 0.15) is 45.5 Å². The normalized spacial score (nSPS) is 16.0. The van der Waals surface area contributed by atoms with Gasteiger partial charge >= 0.3 is 12.4 Å². The number of rotatable bonds is 6. The molecular formula is C29H26F6N2O. The summed E-state index contributed by atoms with van der Waals surface area (Å²) in [6.45, 7) is 1.11. The fourth-order valence-electron chi connectivity index (χ4n) is 4.82. The smallest absolute Gasteiger partial charge is 0.377 e. The third kappa shape index (κ3) is 6.20. The number of carbonyl (C=O) groups excluding carboxylic acids is 1. The molecule has 0 unspecified atom stereocenters. The summed E-state index contributed by atoms with van der Waals surface area (Å²) in [6, 6.07) is 19.4. The van der Waals surface area contributed by atoms with Crippen molar-refractivity contribution in [3.05, 3.63) is 113 Å². The molecule has 1 saturated heterocycles. The highest BCUT2D eigenvalue weighted by Gasteiger charge is 2.38. The largest absolute Gasteiger partial charge is 0.417 e. The number of nitrogens with zero attached hydrogens (tertiary/aromatic N) is 1. The Morgan fingerprint density at radius 2 is 1.34 bits per heavy atom. The van der Waals surface area contributed by atoms with E-state index in [1.54, 1.807) is 12.3 Å². The molecule has 0 bridgehead atoms. The van der Waals surface area contributed by atoms with Crippen molar-refractivity contribution in [2.24, 2.45) is 0 Å². The predicted octanol–water partition coefficient (Wildman–Crippen LogP) is 7.16. The van der Waals surface area contributed by atoms with E-state index in [2.05, 4.69) is 5.32 Å². The Balaban J connectivity index is 1.50. The second-order valence-electron chi connectivity index (χ2n) is 9.31. The van der Waals surface area contributed by atoms with Crippen molar-refractivity contribution in [1.29, 1.82) is 0 Å². The molecule has 1 fully saturated rings. The van der Waals surface area contributed by atoms with Crippen molar-refractivity contribution in [2.75, 3.05) is 19.6 Å². The average molecular weight is 533 g/mol. The zero-order chi connectivity index (χ0) is 27.4. The third-order valence-electron chi connectivity index (χ3n) is 6.94. The zero-order valence-electron chi connectivity index (χ0n) is 20.3. The zero-order valence-corrected chi connectivity index (χ0v) is 20.3. The molecule has 1 aliphatic rings. The molecule has 0 saturated carbocycles. The molecule has 200 valence electrons. The van der Waals surface area contributed by atoms with Gasteiger partial charge in [-0.05, 0) is 54.4 Å². The Kier molecular flexibility index (Phi) is 7.85. The number of hydrogen-bond acceptors (Lipinski definition) is 2. The van der Waals surface area contributed by atoms with Crippen LogP contribution in [-0.4, -0.2) is 30.4 Å². The number of benzene rings is 3. The lowest BCUT2D eigenvalue weighted by Crippen LogP contribution is -2.48. The van der Waals surface area contributed by atoms with Gasteiger partial charge in [-0.1, -0.05) is 60.7 Å². The molecule has 1 amide bonds. The topological polar surface area (TPSA) is 32.3 Å². The Bertz CT molecular complexity index is 1280. The van der Waals surface area contributed by atoms with Gasteiger partial charge < -0.3 is 10.2 Å². The number of alkyl halides is 6. The van der Waals surface area contributed by atoms with E-state index in [1.807, 2.05) is 35.2 Å². The van der Waals surface area contributed by atoms with Crippen LogP contribution in [0.2, 0.25) is 0 Å². The van der Waals surface area contributed by atoms with Gasteiger partial charge in [0.05, 0.1) is 16.7 Å². The fourth-order valence-corrected chi connectivity index (χ4v) is 4.82. The first kappa shape index (κ1) is 27.3. The van der Waals surface area contributed by atoms with Crippen LogP contribution in [0.3, 0.4) is 0 Å². The van der Waals surface area contributed by atoms with Crippen LogP contribution in [0.5, 0.6) is 0 Å². The molecule has 1 heterocycles. The van der Waals surface area contributed by atoms with Crippen molar-refractivity contribution < 1.29 is 31.1 Å². The highest BCUT2D eigenvalue weighted by molar-refractivity contribution is 5.96. The maximum atomic E-state index is 13.4. The number of hydrogen-bond donors (Lipinski definition) is 1. The van der Waals surface area contributed by atoms with Crippen LogP contribution in [0.4, 0.5) is 26.3 Å². The Morgan fingerprint density at radius 1 is 0.789 bits per heavy atom. The van der Waals surface area contributed by atoms with E-state index in [-0.39, 0.29) is 12.1 Å². The second-order valence-corrected chi connectivity index (χ2v) is 9.31. The van der Waals surface area contributed by atoms with Gasteiger partial charge in [0.2, 0.25) is 0 Å². The standard InChI is InChI=1S/C29H26F6N2O/c30-28(31,32)24-12-6-4-8-21(24)14-17-37-18-15-27(16-19-37,22-9-2-1-3-10-22)20-36-26(38)23-11-5-7-13-25(23)29(33,34)35/h1-14,17H,15-16,18-20H2,(H,36,38). The number of likely N-dealkylation sites (tertiary alicyclic amines) is 1. The minimum absolute atomic E-state index is 0.0653. The monoisotopic (exact) mass is 532 g/mol. The van der Waals surface area contributed by atoms with Crippen LogP contribution in [0, 0.1) is 0 Å². The molecule has 1 N–H and O–H groups in total. The molecule has 3 aromatic rings. The molecule has 38 heavy (non-hydrogen) atoms. The lowest BCUT2D eigenvalue weighted by Gasteiger charge is -2.42. The lowest BCUT2D eigenvalue weighted by atomic mass is 9.72. The van der Waals surface area contributed by atoms with Crippen LogP contribution < -0.4 is 5.32 Å². The molecule has 1 aliphatic heterocycles. The van der Waals surface area contributed by atoms with Crippen molar-refractivity contribution in [3.8, 4) is 0 Å². The minimum Gasteiger partial charge on any atom is -0.377 e. The summed E-state index contributed by atoms with van der Waals surface area (Å²) in [5, 5.41) is 2.72. The van der Waals surface area contributed by atoms with Crippen LogP contribution in [-0.2, 0) is 17.8 Å².